The van der Waals surface area contributed by atoms with E-state index in [-0.39, 0.29) is 17.6 Å². The fourth-order valence-corrected chi connectivity index (χ4v) is 2.99. The van der Waals surface area contributed by atoms with Gasteiger partial charge in [-0.15, -0.1) is 0 Å². The number of nitrogens with one attached hydrogen (secondary N) is 1. The Balaban J connectivity index is 2.77. The zero-order valence-corrected chi connectivity index (χ0v) is 13.4. The summed E-state index contributed by atoms with van der Waals surface area (Å²) < 4.78 is 23.4. The molecule has 4 nitrogen and oxygen atoms in total. The molecule has 1 aromatic carbocycles. The first-order chi connectivity index (χ1) is 8.81. The molecule has 1 atom stereocenters. The Morgan fingerprint density at radius 2 is 2.11 bits per heavy atom. The highest BCUT2D eigenvalue weighted by atomic mass is 79.9. The molecule has 6 heteroatoms. The lowest BCUT2D eigenvalue weighted by Crippen LogP contribution is -2.30. The summed E-state index contributed by atoms with van der Waals surface area (Å²) in [5.74, 6) is -0.420. The van der Waals surface area contributed by atoms with Crippen LogP contribution < -0.4 is 5.32 Å². The van der Waals surface area contributed by atoms with Crippen LogP contribution in [-0.4, -0.2) is 33.4 Å². The molecule has 0 saturated heterocycles. The second-order valence-corrected chi connectivity index (χ2v) is 7.74. The number of carbonyl (C=O) groups is 1. The Hall–Kier alpha value is -0.880. The van der Waals surface area contributed by atoms with E-state index < -0.39 is 9.84 Å². The smallest absolute Gasteiger partial charge is 0.223 e. The quantitative estimate of drug-likeness (QED) is 0.853. The summed E-state index contributed by atoms with van der Waals surface area (Å²) >= 11 is 3.38. The van der Waals surface area contributed by atoms with Crippen molar-refractivity contribution in [1.82, 2.24) is 5.32 Å². The van der Waals surface area contributed by atoms with Crippen LogP contribution in [0.4, 0.5) is 0 Å². The average Bonchev–Trinajstić information content (AvgIpc) is 2.32. The fraction of sp³-hybridized carbons (Fsp3) is 0.462. The Morgan fingerprint density at radius 1 is 1.42 bits per heavy atom. The van der Waals surface area contributed by atoms with E-state index >= 15 is 0 Å². The average molecular weight is 348 g/mol. The summed E-state index contributed by atoms with van der Waals surface area (Å²) in [7, 11) is -1.48. The van der Waals surface area contributed by atoms with Gasteiger partial charge in [-0.25, -0.2) is 8.42 Å². The minimum Gasteiger partial charge on any atom is -0.359 e. The Kier molecular flexibility index (Phi) is 6.00. The van der Waals surface area contributed by atoms with E-state index in [1.54, 1.807) is 7.05 Å². The summed E-state index contributed by atoms with van der Waals surface area (Å²) in [6.45, 7) is 0. The standard InChI is InChI=1S/C13H18BrNO3S/c1-15-13(16)11(6-7-19(2,17)18)8-10-4-3-5-12(14)9-10/h3-5,9,11H,6-8H2,1-2H3,(H,15,16). The largest absolute Gasteiger partial charge is 0.359 e. The van der Waals surface area contributed by atoms with Gasteiger partial charge in [-0.05, 0) is 30.5 Å². The van der Waals surface area contributed by atoms with Crippen LogP contribution in [0, 0.1) is 5.92 Å². The summed E-state index contributed by atoms with van der Waals surface area (Å²) in [5, 5.41) is 2.59. The molecule has 0 saturated carbocycles. The molecular formula is C13H18BrNO3S. The lowest BCUT2D eigenvalue weighted by Gasteiger charge is -2.15. The molecule has 0 radical (unpaired) electrons. The van der Waals surface area contributed by atoms with E-state index in [0.29, 0.717) is 12.8 Å². The predicted molar refractivity (Wildman–Crippen MR) is 79.7 cm³/mol. The molecule has 106 valence electrons. The molecule has 1 aromatic rings. The van der Waals surface area contributed by atoms with Crippen molar-refractivity contribution >= 4 is 31.7 Å². The van der Waals surface area contributed by atoms with Crippen molar-refractivity contribution in [2.75, 3.05) is 19.1 Å². The molecule has 0 bridgehead atoms. The zero-order chi connectivity index (χ0) is 14.5. The van der Waals surface area contributed by atoms with Crippen LogP contribution in [0.25, 0.3) is 0 Å². The highest BCUT2D eigenvalue weighted by Crippen LogP contribution is 2.17. The first-order valence-corrected chi connectivity index (χ1v) is 8.81. The van der Waals surface area contributed by atoms with Crippen LogP contribution in [-0.2, 0) is 21.1 Å². The van der Waals surface area contributed by atoms with Crippen LogP contribution >= 0.6 is 15.9 Å². The summed E-state index contributed by atoms with van der Waals surface area (Å²) in [5.41, 5.74) is 1.01. The van der Waals surface area contributed by atoms with E-state index in [4.69, 9.17) is 0 Å². The third-order valence-electron chi connectivity index (χ3n) is 2.83. The van der Waals surface area contributed by atoms with Crippen LogP contribution in [0.1, 0.15) is 12.0 Å². The van der Waals surface area contributed by atoms with Gasteiger partial charge in [-0.2, -0.15) is 0 Å². The van der Waals surface area contributed by atoms with Crippen LogP contribution in [0.5, 0.6) is 0 Å². The van der Waals surface area contributed by atoms with Gasteiger partial charge in [0.05, 0.1) is 5.75 Å². The monoisotopic (exact) mass is 347 g/mol. The van der Waals surface area contributed by atoms with E-state index in [0.717, 1.165) is 10.0 Å². The number of amides is 1. The zero-order valence-electron chi connectivity index (χ0n) is 11.0. The van der Waals surface area contributed by atoms with Gasteiger partial charge in [0.25, 0.3) is 0 Å². The fourth-order valence-electron chi connectivity index (χ4n) is 1.83. The molecule has 0 heterocycles. The van der Waals surface area contributed by atoms with Gasteiger partial charge in [-0.3, -0.25) is 4.79 Å². The van der Waals surface area contributed by atoms with Crippen molar-refractivity contribution in [2.45, 2.75) is 12.8 Å². The first kappa shape index (κ1) is 16.2. The minimum absolute atomic E-state index is 0.0269. The van der Waals surface area contributed by atoms with E-state index in [2.05, 4.69) is 21.2 Å². The normalized spacial score (nSPS) is 13.0. The predicted octanol–water partition coefficient (Wildman–Crippen LogP) is 1.79. The summed E-state index contributed by atoms with van der Waals surface area (Å²) in [6, 6.07) is 7.68. The number of hydrogen-bond donors (Lipinski definition) is 1. The molecule has 0 spiro atoms. The molecule has 0 aromatic heterocycles. The van der Waals surface area contributed by atoms with Crippen molar-refractivity contribution < 1.29 is 13.2 Å². The van der Waals surface area contributed by atoms with Gasteiger partial charge in [0.1, 0.15) is 9.84 Å². The number of sulfone groups is 1. The molecule has 19 heavy (non-hydrogen) atoms. The maximum absolute atomic E-state index is 11.8. The molecule has 1 amide bonds. The van der Waals surface area contributed by atoms with Crippen molar-refractivity contribution in [2.24, 2.45) is 5.92 Å². The van der Waals surface area contributed by atoms with Gasteiger partial charge in [0, 0.05) is 23.7 Å². The maximum atomic E-state index is 11.8. The van der Waals surface area contributed by atoms with Crippen molar-refractivity contribution in [3.63, 3.8) is 0 Å². The van der Waals surface area contributed by atoms with Crippen molar-refractivity contribution in [1.29, 1.82) is 0 Å². The van der Waals surface area contributed by atoms with Gasteiger partial charge in [-0.1, -0.05) is 28.1 Å². The van der Waals surface area contributed by atoms with Crippen LogP contribution in [0.15, 0.2) is 28.7 Å². The number of hydrogen-bond acceptors (Lipinski definition) is 3. The van der Waals surface area contributed by atoms with Gasteiger partial charge in [0.2, 0.25) is 5.91 Å². The van der Waals surface area contributed by atoms with Gasteiger partial charge >= 0.3 is 0 Å². The number of rotatable bonds is 6. The lowest BCUT2D eigenvalue weighted by atomic mass is 9.96. The molecule has 0 aliphatic carbocycles. The third kappa shape index (κ3) is 6.20. The first-order valence-electron chi connectivity index (χ1n) is 5.95. The van der Waals surface area contributed by atoms with Crippen molar-refractivity contribution in [3.8, 4) is 0 Å². The highest BCUT2D eigenvalue weighted by molar-refractivity contribution is 9.10. The van der Waals surface area contributed by atoms with E-state index in [1.165, 1.54) is 6.26 Å². The number of benzene rings is 1. The second-order valence-electron chi connectivity index (χ2n) is 4.56. The number of carbonyl (C=O) groups excluding carboxylic acids is 1. The molecule has 0 aliphatic heterocycles. The van der Waals surface area contributed by atoms with Crippen LogP contribution in [0.2, 0.25) is 0 Å². The summed E-state index contributed by atoms with van der Waals surface area (Å²) in [6.07, 6.45) is 2.06. The number of halogens is 1. The van der Waals surface area contributed by atoms with Crippen LogP contribution in [0.3, 0.4) is 0 Å². The maximum Gasteiger partial charge on any atom is 0.223 e. The molecule has 0 aliphatic rings. The Morgan fingerprint density at radius 3 is 2.63 bits per heavy atom. The highest BCUT2D eigenvalue weighted by Gasteiger charge is 2.19. The third-order valence-corrected chi connectivity index (χ3v) is 4.30. The minimum atomic E-state index is -3.05. The van der Waals surface area contributed by atoms with E-state index in [1.807, 2.05) is 24.3 Å². The topological polar surface area (TPSA) is 63.2 Å². The molecular weight excluding hydrogens is 330 g/mol. The van der Waals surface area contributed by atoms with Gasteiger partial charge in [0.15, 0.2) is 0 Å². The molecule has 0 fully saturated rings. The molecule has 1 rings (SSSR count). The molecule has 1 unspecified atom stereocenters. The lowest BCUT2D eigenvalue weighted by molar-refractivity contribution is -0.124. The molecule has 1 N–H and O–H groups in total. The van der Waals surface area contributed by atoms with E-state index in [9.17, 15) is 13.2 Å². The van der Waals surface area contributed by atoms with Gasteiger partial charge < -0.3 is 5.32 Å². The van der Waals surface area contributed by atoms with Crippen molar-refractivity contribution in [3.05, 3.63) is 34.3 Å². The Labute approximate surface area is 122 Å². The Bertz CT molecular complexity index is 543. The second kappa shape index (κ2) is 7.05. The SMILES string of the molecule is CNC(=O)C(CCS(C)(=O)=O)Cc1cccc(Br)c1. The summed E-state index contributed by atoms with van der Waals surface area (Å²) in [4.78, 5) is 11.8.